The van der Waals surface area contributed by atoms with E-state index in [1.807, 2.05) is 36.0 Å². The van der Waals surface area contributed by atoms with E-state index < -0.39 is 6.17 Å². The van der Waals surface area contributed by atoms with Gasteiger partial charge in [0.2, 0.25) is 0 Å². The van der Waals surface area contributed by atoms with Crippen LogP contribution in [0.5, 0.6) is 0 Å². The molecule has 1 aromatic carbocycles. The lowest BCUT2D eigenvalue weighted by Crippen LogP contribution is -1.86. The Balaban J connectivity index is 2.79. The van der Waals surface area contributed by atoms with Gasteiger partial charge < -0.3 is 10.3 Å². The predicted molar refractivity (Wildman–Crippen MR) is 56.9 cm³/mol. The van der Waals surface area contributed by atoms with Crippen molar-refractivity contribution >= 4 is 16.6 Å². The second-order valence-electron chi connectivity index (χ2n) is 3.59. The van der Waals surface area contributed by atoms with Crippen LogP contribution in [-0.4, -0.2) is 4.57 Å². The summed E-state index contributed by atoms with van der Waals surface area (Å²) in [6, 6.07) is 5.56. The molecule has 3 heteroatoms. The average Bonchev–Trinajstić information content (AvgIpc) is 2.43. The van der Waals surface area contributed by atoms with E-state index in [2.05, 4.69) is 0 Å². The Kier molecular flexibility index (Phi) is 1.95. The normalized spacial score (nSPS) is 13.4. The molecule has 2 nitrogen and oxygen atoms in total. The van der Waals surface area contributed by atoms with Crippen molar-refractivity contribution in [2.24, 2.45) is 7.05 Å². The first-order chi connectivity index (χ1) is 6.59. The highest BCUT2D eigenvalue weighted by Crippen LogP contribution is 2.29. The zero-order valence-corrected chi connectivity index (χ0v) is 8.29. The van der Waals surface area contributed by atoms with Crippen LogP contribution in [0, 0.1) is 0 Å². The highest BCUT2D eigenvalue weighted by molar-refractivity contribution is 5.87. The number of anilines is 1. The highest BCUT2D eigenvalue weighted by atomic mass is 19.1. The van der Waals surface area contributed by atoms with Crippen LogP contribution >= 0.6 is 0 Å². The SMILES string of the molecule is CC(F)c1cn(C)c2ccc(N)cc12. The van der Waals surface area contributed by atoms with Crippen LogP contribution in [0.4, 0.5) is 10.1 Å². The molecule has 0 aliphatic carbocycles. The monoisotopic (exact) mass is 192 g/mol. The zero-order chi connectivity index (χ0) is 10.3. The van der Waals surface area contributed by atoms with Crippen molar-refractivity contribution in [2.45, 2.75) is 13.1 Å². The minimum Gasteiger partial charge on any atom is -0.399 e. The van der Waals surface area contributed by atoms with E-state index in [1.165, 1.54) is 6.92 Å². The van der Waals surface area contributed by atoms with Gasteiger partial charge in [0.1, 0.15) is 6.17 Å². The molecule has 74 valence electrons. The van der Waals surface area contributed by atoms with E-state index in [1.54, 1.807) is 0 Å². The summed E-state index contributed by atoms with van der Waals surface area (Å²) >= 11 is 0. The summed E-state index contributed by atoms with van der Waals surface area (Å²) in [5, 5.41) is 0.905. The molecule has 0 spiro atoms. The molecule has 0 aliphatic rings. The van der Waals surface area contributed by atoms with Gasteiger partial charge in [-0.25, -0.2) is 4.39 Å². The number of aryl methyl sites for hydroxylation is 1. The van der Waals surface area contributed by atoms with Crippen LogP contribution in [0.3, 0.4) is 0 Å². The molecule has 0 saturated carbocycles. The molecule has 1 aromatic heterocycles. The van der Waals surface area contributed by atoms with Crippen LogP contribution in [0.15, 0.2) is 24.4 Å². The first-order valence-corrected chi connectivity index (χ1v) is 4.58. The van der Waals surface area contributed by atoms with Crippen molar-refractivity contribution in [3.05, 3.63) is 30.0 Å². The molecule has 0 radical (unpaired) electrons. The Bertz CT molecular complexity index is 471. The van der Waals surface area contributed by atoms with Crippen LogP contribution in [0.25, 0.3) is 10.9 Å². The number of fused-ring (bicyclic) bond motifs is 1. The predicted octanol–water partition coefficient (Wildman–Crippen LogP) is 2.79. The van der Waals surface area contributed by atoms with Crippen molar-refractivity contribution < 1.29 is 4.39 Å². The standard InChI is InChI=1S/C11H13FN2/c1-7(12)10-6-14(2)11-4-3-8(13)5-9(10)11/h3-7H,13H2,1-2H3. The van der Waals surface area contributed by atoms with Gasteiger partial charge in [-0.3, -0.25) is 0 Å². The molecular weight excluding hydrogens is 179 g/mol. The van der Waals surface area contributed by atoms with E-state index in [4.69, 9.17) is 5.73 Å². The third-order valence-corrected chi connectivity index (χ3v) is 2.47. The van der Waals surface area contributed by atoms with Crippen molar-refractivity contribution in [1.82, 2.24) is 4.57 Å². The summed E-state index contributed by atoms with van der Waals surface area (Å²) < 4.78 is 15.2. The second kappa shape index (κ2) is 3.01. The van der Waals surface area contributed by atoms with Crippen LogP contribution in [0.1, 0.15) is 18.7 Å². The van der Waals surface area contributed by atoms with Gasteiger partial charge in [-0.2, -0.15) is 0 Å². The Morgan fingerprint density at radius 3 is 2.79 bits per heavy atom. The number of hydrogen-bond donors (Lipinski definition) is 1. The van der Waals surface area contributed by atoms with Crippen LogP contribution in [0.2, 0.25) is 0 Å². The van der Waals surface area contributed by atoms with E-state index in [9.17, 15) is 4.39 Å². The van der Waals surface area contributed by atoms with Crippen LogP contribution in [-0.2, 0) is 7.05 Å². The first-order valence-electron chi connectivity index (χ1n) is 4.58. The maximum Gasteiger partial charge on any atom is 0.124 e. The summed E-state index contributed by atoms with van der Waals surface area (Å²) in [4.78, 5) is 0. The molecule has 2 rings (SSSR count). The molecule has 1 heterocycles. The summed E-state index contributed by atoms with van der Waals surface area (Å²) in [7, 11) is 1.91. The highest BCUT2D eigenvalue weighted by Gasteiger charge is 2.11. The number of nitrogens with two attached hydrogens (primary N) is 1. The third kappa shape index (κ3) is 1.25. The minimum atomic E-state index is -0.958. The van der Waals surface area contributed by atoms with Gasteiger partial charge in [0.25, 0.3) is 0 Å². The van der Waals surface area contributed by atoms with E-state index >= 15 is 0 Å². The topological polar surface area (TPSA) is 30.9 Å². The van der Waals surface area contributed by atoms with Gasteiger partial charge in [-0.15, -0.1) is 0 Å². The molecular formula is C11H13FN2. The number of benzene rings is 1. The molecule has 1 unspecified atom stereocenters. The number of alkyl halides is 1. The Morgan fingerprint density at radius 1 is 1.43 bits per heavy atom. The summed E-state index contributed by atoms with van der Waals surface area (Å²) in [5.74, 6) is 0. The van der Waals surface area contributed by atoms with Crippen molar-refractivity contribution in [2.75, 3.05) is 5.73 Å². The zero-order valence-electron chi connectivity index (χ0n) is 8.29. The maximum absolute atomic E-state index is 13.3. The lowest BCUT2D eigenvalue weighted by Gasteiger charge is -1.99. The van der Waals surface area contributed by atoms with Crippen molar-refractivity contribution in [3.8, 4) is 0 Å². The Morgan fingerprint density at radius 2 is 2.14 bits per heavy atom. The van der Waals surface area contributed by atoms with Gasteiger partial charge in [-0.1, -0.05) is 0 Å². The Hall–Kier alpha value is -1.51. The molecule has 2 N–H and O–H groups in total. The fraction of sp³-hybridized carbons (Fsp3) is 0.273. The molecule has 0 saturated heterocycles. The number of aromatic nitrogens is 1. The number of rotatable bonds is 1. The minimum absolute atomic E-state index is 0.672. The molecule has 14 heavy (non-hydrogen) atoms. The first kappa shape index (κ1) is 9.06. The number of nitrogen functional groups attached to an aromatic ring is 1. The number of hydrogen-bond acceptors (Lipinski definition) is 1. The molecule has 0 bridgehead atoms. The van der Waals surface area contributed by atoms with Gasteiger partial charge >= 0.3 is 0 Å². The summed E-state index contributed by atoms with van der Waals surface area (Å²) in [5.41, 5.74) is 8.06. The van der Waals surface area contributed by atoms with Gasteiger partial charge in [0.15, 0.2) is 0 Å². The van der Waals surface area contributed by atoms with E-state index in [0.29, 0.717) is 11.3 Å². The van der Waals surface area contributed by atoms with Crippen molar-refractivity contribution in [1.29, 1.82) is 0 Å². The third-order valence-electron chi connectivity index (χ3n) is 2.47. The average molecular weight is 192 g/mol. The number of nitrogens with zero attached hydrogens (tertiary/aromatic N) is 1. The maximum atomic E-state index is 13.3. The smallest absolute Gasteiger partial charge is 0.124 e. The molecule has 1 atom stereocenters. The van der Waals surface area contributed by atoms with Gasteiger partial charge in [0.05, 0.1) is 0 Å². The number of halogens is 1. The molecule has 0 fully saturated rings. The lowest BCUT2D eigenvalue weighted by molar-refractivity contribution is 0.376. The quantitative estimate of drug-likeness (QED) is 0.692. The molecule has 0 amide bonds. The Labute approximate surface area is 82.1 Å². The fourth-order valence-corrected chi connectivity index (χ4v) is 1.76. The second-order valence-corrected chi connectivity index (χ2v) is 3.59. The molecule has 0 aliphatic heterocycles. The van der Waals surface area contributed by atoms with E-state index in [-0.39, 0.29) is 0 Å². The van der Waals surface area contributed by atoms with Gasteiger partial charge in [-0.05, 0) is 25.1 Å². The van der Waals surface area contributed by atoms with E-state index in [0.717, 1.165) is 10.9 Å². The van der Waals surface area contributed by atoms with Crippen LogP contribution < -0.4 is 5.73 Å². The summed E-state index contributed by atoms with van der Waals surface area (Å²) in [6.45, 7) is 1.54. The summed E-state index contributed by atoms with van der Waals surface area (Å²) in [6.07, 6.45) is 0.856. The largest absolute Gasteiger partial charge is 0.399 e. The van der Waals surface area contributed by atoms with Gasteiger partial charge in [0, 0.05) is 35.4 Å². The fourth-order valence-electron chi connectivity index (χ4n) is 1.76. The lowest BCUT2D eigenvalue weighted by atomic mass is 10.1. The van der Waals surface area contributed by atoms with Crippen molar-refractivity contribution in [3.63, 3.8) is 0 Å². The molecule has 2 aromatic rings.